The van der Waals surface area contributed by atoms with Crippen LogP contribution < -0.4 is 9.64 Å². The highest BCUT2D eigenvalue weighted by atomic mass is 32.2. The van der Waals surface area contributed by atoms with E-state index in [0.717, 1.165) is 0 Å². The Morgan fingerprint density at radius 3 is 2.52 bits per heavy atom. The quantitative estimate of drug-likeness (QED) is 0.217. The van der Waals surface area contributed by atoms with Gasteiger partial charge in [0.25, 0.3) is 5.91 Å². The van der Waals surface area contributed by atoms with Gasteiger partial charge in [-0.25, -0.2) is 0 Å². The van der Waals surface area contributed by atoms with Crippen LogP contribution in [0.4, 0.5) is 5.69 Å². The molecule has 1 aromatic rings. The van der Waals surface area contributed by atoms with Crippen molar-refractivity contribution in [2.45, 2.75) is 62.1 Å². The lowest BCUT2D eigenvalue weighted by Crippen LogP contribution is -2.59. The van der Waals surface area contributed by atoms with E-state index >= 15 is 0 Å². The molecule has 3 heterocycles. The molecule has 0 saturated carbocycles. The fourth-order valence-electron chi connectivity index (χ4n) is 6.92. The number of esters is 1. The second-order valence-corrected chi connectivity index (χ2v) is 13.0. The summed E-state index contributed by atoms with van der Waals surface area (Å²) in [5.41, 5.74) is 0.660. The number of nitrogens with zero attached hydrogens (tertiary/aromatic N) is 2. The first-order valence-corrected chi connectivity index (χ1v) is 15.0. The Hall–Kier alpha value is -2.78. The zero-order valence-electron chi connectivity index (χ0n) is 24.0. The molecular weight excluding hydrogens is 528 g/mol. The molecule has 1 spiro atoms. The van der Waals surface area contributed by atoms with E-state index in [2.05, 4.69) is 20.1 Å². The average Bonchev–Trinajstić information content (AvgIpc) is 3.53. The molecule has 3 aliphatic rings. The molecule has 0 aromatic heterocycles. The van der Waals surface area contributed by atoms with Crippen molar-refractivity contribution in [3.8, 4) is 5.75 Å². The molecule has 3 aliphatic heterocycles. The maximum absolute atomic E-state index is 14.7. The molecule has 0 aliphatic carbocycles. The fraction of sp³-hybridized carbons (Fsp3) is 0.581. The summed E-state index contributed by atoms with van der Waals surface area (Å²) in [7, 11) is 1.58. The molecule has 0 radical (unpaired) electrons. The predicted molar refractivity (Wildman–Crippen MR) is 157 cm³/mol. The lowest BCUT2D eigenvalue weighted by molar-refractivity contribution is -0.155. The van der Waals surface area contributed by atoms with Crippen LogP contribution in [0.3, 0.4) is 0 Å². The highest BCUT2D eigenvalue weighted by Gasteiger charge is 2.77. The van der Waals surface area contributed by atoms with Gasteiger partial charge in [-0.15, -0.1) is 24.9 Å². The summed E-state index contributed by atoms with van der Waals surface area (Å²) in [5.74, 6) is -1.33. The third-order valence-corrected chi connectivity index (χ3v) is 10.6. The Balaban J connectivity index is 1.81. The Morgan fingerprint density at radius 2 is 1.95 bits per heavy atom. The zero-order chi connectivity index (χ0) is 29.2. The molecular formula is C31H42N2O6S. The van der Waals surface area contributed by atoms with Crippen LogP contribution in [0.15, 0.2) is 49.6 Å². The summed E-state index contributed by atoms with van der Waals surface area (Å²) >= 11 is 1.60. The van der Waals surface area contributed by atoms with Gasteiger partial charge in [0.1, 0.15) is 11.8 Å². The smallest absolute Gasteiger partial charge is 0.310 e. The second kappa shape index (κ2) is 12.4. The fourth-order valence-corrected chi connectivity index (χ4v) is 9.31. The van der Waals surface area contributed by atoms with Crippen LogP contribution in [-0.4, -0.2) is 76.7 Å². The summed E-state index contributed by atoms with van der Waals surface area (Å²) in [4.78, 5) is 45.9. The Morgan fingerprint density at radius 1 is 1.25 bits per heavy atom. The molecule has 3 fully saturated rings. The number of fused-ring (bicyclic) bond motifs is 1. The summed E-state index contributed by atoms with van der Waals surface area (Å²) in [5, 5.41) is 10.4. The molecule has 1 aromatic carbocycles. The number of amides is 2. The summed E-state index contributed by atoms with van der Waals surface area (Å²) in [6, 6.07) is 5.82. The molecule has 3 unspecified atom stereocenters. The van der Waals surface area contributed by atoms with Gasteiger partial charge in [0.15, 0.2) is 0 Å². The molecule has 2 amide bonds. The van der Waals surface area contributed by atoms with E-state index in [1.807, 2.05) is 26.0 Å². The third-order valence-electron chi connectivity index (χ3n) is 8.57. The number of anilines is 1. The van der Waals surface area contributed by atoms with Crippen LogP contribution in [-0.2, 0) is 19.1 Å². The molecule has 218 valence electrons. The van der Waals surface area contributed by atoms with E-state index in [1.54, 1.807) is 53.0 Å². The van der Waals surface area contributed by atoms with E-state index in [4.69, 9.17) is 9.47 Å². The zero-order valence-corrected chi connectivity index (χ0v) is 24.8. The van der Waals surface area contributed by atoms with E-state index in [9.17, 15) is 19.5 Å². The number of hydrogen-bond acceptors (Lipinski definition) is 7. The van der Waals surface area contributed by atoms with Crippen molar-refractivity contribution in [1.29, 1.82) is 0 Å². The number of hydrogen-bond donors (Lipinski definition) is 1. The molecule has 2 bridgehead atoms. The second-order valence-electron chi connectivity index (χ2n) is 11.4. The number of carbonyl (C=O) groups excluding carboxylic acids is 3. The van der Waals surface area contributed by atoms with Gasteiger partial charge >= 0.3 is 5.97 Å². The molecule has 40 heavy (non-hydrogen) atoms. The Bertz CT molecular complexity index is 1120. The number of likely N-dealkylation sites (tertiary alicyclic amines) is 1. The normalized spacial score (nSPS) is 29.3. The van der Waals surface area contributed by atoms with Gasteiger partial charge in [0, 0.05) is 17.5 Å². The Labute approximate surface area is 241 Å². The number of aliphatic hydroxyl groups excluding tert-OH is 1. The van der Waals surface area contributed by atoms with Gasteiger partial charge in [-0.3, -0.25) is 14.4 Å². The van der Waals surface area contributed by atoms with Crippen molar-refractivity contribution in [2.24, 2.45) is 23.7 Å². The molecule has 3 saturated heterocycles. The summed E-state index contributed by atoms with van der Waals surface area (Å²) < 4.78 is 10.1. The van der Waals surface area contributed by atoms with Crippen molar-refractivity contribution >= 4 is 35.2 Å². The molecule has 8 nitrogen and oxygen atoms in total. The number of thioether (sulfide) groups is 1. The van der Waals surface area contributed by atoms with Crippen LogP contribution in [0.5, 0.6) is 5.75 Å². The van der Waals surface area contributed by atoms with Crippen LogP contribution in [0, 0.1) is 23.7 Å². The van der Waals surface area contributed by atoms with Crippen molar-refractivity contribution < 1.29 is 29.0 Å². The highest BCUT2D eigenvalue weighted by Crippen LogP contribution is 2.69. The minimum Gasteiger partial charge on any atom is -0.497 e. The number of rotatable bonds is 13. The average molecular weight is 571 g/mol. The number of carbonyl (C=O) groups is 3. The van der Waals surface area contributed by atoms with Gasteiger partial charge in [-0.1, -0.05) is 32.9 Å². The molecule has 7 atom stereocenters. The van der Waals surface area contributed by atoms with E-state index < -0.39 is 28.7 Å². The minimum absolute atomic E-state index is 0.00691. The van der Waals surface area contributed by atoms with Crippen molar-refractivity contribution in [3.05, 3.63) is 49.6 Å². The SMILES string of the molecule is C=CCCOC(=O)[C@@H]1[C@@H]2CC(C)C3(S2)C(C(=O)N(CC=C)c2ccc(OC)cc2)N([C@@H](CO)CC(C)C)C(=O)[C@H]13. The van der Waals surface area contributed by atoms with E-state index in [0.29, 0.717) is 30.7 Å². The van der Waals surface area contributed by atoms with Crippen LogP contribution in [0.2, 0.25) is 0 Å². The van der Waals surface area contributed by atoms with Crippen molar-refractivity contribution in [3.63, 3.8) is 0 Å². The van der Waals surface area contributed by atoms with Crippen LogP contribution >= 0.6 is 11.8 Å². The monoisotopic (exact) mass is 570 g/mol. The van der Waals surface area contributed by atoms with Crippen molar-refractivity contribution in [1.82, 2.24) is 4.90 Å². The summed E-state index contributed by atoms with van der Waals surface area (Å²) in [6.07, 6.45) is 5.14. The Kier molecular flexibility index (Phi) is 9.35. The largest absolute Gasteiger partial charge is 0.497 e. The first-order chi connectivity index (χ1) is 19.2. The molecule has 9 heteroatoms. The first kappa shape index (κ1) is 30.2. The maximum Gasteiger partial charge on any atom is 0.310 e. The van der Waals surface area contributed by atoms with Gasteiger partial charge in [-0.05, 0) is 55.4 Å². The maximum atomic E-state index is 14.7. The molecule has 1 N–H and O–H groups in total. The lowest BCUT2D eigenvalue weighted by atomic mass is 9.66. The van der Waals surface area contributed by atoms with Gasteiger partial charge in [0.05, 0.1) is 42.9 Å². The van der Waals surface area contributed by atoms with E-state index in [1.165, 1.54) is 0 Å². The number of aliphatic hydroxyl groups is 1. The lowest BCUT2D eigenvalue weighted by Gasteiger charge is -2.42. The van der Waals surface area contributed by atoms with E-state index in [-0.39, 0.29) is 54.6 Å². The van der Waals surface area contributed by atoms with Crippen LogP contribution in [0.25, 0.3) is 0 Å². The standard InChI is InChI=1S/C31H42N2O6S/c1-7-9-15-39-30(37)25-24-17-20(5)31(40-24)26(25)28(35)33(22(18-34)16-19(3)4)27(31)29(36)32(14-8-2)21-10-12-23(38-6)13-11-21/h7-8,10-13,19-20,22,24-27,34H,1-2,9,14-18H2,3-6H3/t20?,22-,24+,25-,26+,27?,31?/m1/s1. The van der Waals surface area contributed by atoms with Gasteiger partial charge in [0.2, 0.25) is 5.91 Å². The van der Waals surface area contributed by atoms with Crippen LogP contribution in [0.1, 0.15) is 40.0 Å². The number of methoxy groups -OCH3 is 1. The summed E-state index contributed by atoms with van der Waals surface area (Å²) in [6.45, 7) is 13.9. The highest BCUT2D eigenvalue weighted by molar-refractivity contribution is 8.02. The minimum atomic E-state index is -0.848. The predicted octanol–water partition coefficient (Wildman–Crippen LogP) is 4.08. The third kappa shape index (κ3) is 5.07. The topological polar surface area (TPSA) is 96.4 Å². The van der Waals surface area contributed by atoms with Crippen molar-refractivity contribution in [2.75, 3.05) is 31.8 Å². The first-order valence-electron chi connectivity index (χ1n) is 14.1. The van der Waals surface area contributed by atoms with Gasteiger partial charge < -0.3 is 24.4 Å². The molecule has 4 rings (SSSR count). The number of benzene rings is 1. The number of ether oxygens (including phenoxy) is 2. The van der Waals surface area contributed by atoms with Gasteiger partial charge in [-0.2, -0.15) is 0 Å².